The first-order valence-electron chi connectivity index (χ1n) is 41.4. The zero-order chi connectivity index (χ0) is 89.4. The summed E-state index contributed by atoms with van der Waals surface area (Å²) in [6.45, 7) is 37.0. The third-order valence-electron chi connectivity index (χ3n) is 20.9. The van der Waals surface area contributed by atoms with Gasteiger partial charge in [0.05, 0.1) is 0 Å². The molecule has 2 nitrogen and oxygen atoms in total. The van der Waals surface area contributed by atoms with E-state index in [1.165, 1.54) is 145 Å². The highest BCUT2D eigenvalue weighted by Crippen LogP contribution is 2.56. The lowest BCUT2D eigenvalue weighted by atomic mass is 9.72. The SMILES string of the molecule is Cc1ccc(-c2ccc(C)cc2)cc1.Cc1ccc(C(=O)c2ccc(C)cc2)cc1.Cc1ccc(C(C)(C)c2ccc(C)cc2)cc1.Cc1ccc(C(c2ccc(C)cc2)(C(F)(F)F)C(F)(F)F)cc1.Cc1ccc(C)cc1.Cc1ccc(Cc2ccc(C)cc2)cc1.Cc1ccc(Oc2ccc(C)cc2)cc1.Cc1ccc(Sc2ccc(C)cc2)cc1. The lowest BCUT2D eigenvalue weighted by Gasteiger charge is -2.38. The van der Waals surface area contributed by atoms with Gasteiger partial charge >= 0.3 is 12.4 Å². The second-order valence-corrected chi connectivity index (χ2v) is 33.5. The van der Waals surface area contributed by atoms with E-state index < -0.39 is 28.9 Å². The molecule has 0 spiro atoms. The zero-order valence-electron chi connectivity index (χ0n) is 74.3. The van der Waals surface area contributed by atoms with Crippen LogP contribution in [-0.2, 0) is 17.3 Å². The van der Waals surface area contributed by atoms with Crippen molar-refractivity contribution in [1.82, 2.24) is 0 Å². The summed E-state index contributed by atoms with van der Waals surface area (Å²) in [6.07, 6.45) is -10.0. The van der Waals surface area contributed by atoms with Gasteiger partial charge in [0.1, 0.15) is 11.5 Å². The fourth-order valence-electron chi connectivity index (χ4n) is 12.7. The van der Waals surface area contributed by atoms with Gasteiger partial charge < -0.3 is 4.74 Å². The van der Waals surface area contributed by atoms with Crippen LogP contribution in [0.5, 0.6) is 11.5 Å². The van der Waals surface area contributed by atoms with Crippen molar-refractivity contribution in [3.8, 4) is 22.6 Å². The third-order valence-corrected chi connectivity index (χ3v) is 21.9. The van der Waals surface area contributed by atoms with Crippen molar-refractivity contribution in [3.05, 3.63) is 498 Å². The maximum atomic E-state index is 13.7. The normalized spacial score (nSPS) is 10.9. The van der Waals surface area contributed by atoms with E-state index in [0.717, 1.165) is 53.3 Å². The first-order chi connectivity index (χ1) is 58.4. The number of halogens is 6. The van der Waals surface area contributed by atoms with E-state index in [1.807, 2.05) is 111 Å². The van der Waals surface area contributed by atoms with Crippen molar-refractivity contribution in [2.45, 2.75) is 164 Å². The van der Waals surface area contributed by atoms with Gasteiger partial charge in [-0.25, -0.2) is 0 Å². The molecule has 0 aliphatic heterocycles. The molecule has 0 heterocycles. The second-order valence-electron chi connectivity index (χ2n) is 32.4. The first-order valence-corrected chi connectivity index (χ1v) is 42.2. The third kappa shape index (κ3) is 30.7. The van der Waals surface area contributed by atoms with Gasteiger partial charge in [0.2, 0.25) is 5.41 Å². The van der Waals surface area contributed by atoms with Gasteiger partial charge in [-0.3, -0.25) is 4.79 Å². The Hall–Kier alpha value is -12.3. The smallest absolute Gasteiger partial charge is 0.411 e. The quantitative estimate of drug-likeness (QED) is 0.0850. The Morgan fingerprint density at radius 1 is 0.236 bits per heavy atom. The van der Waals surface area contributed by atoms with Gasteiger partial charge in [-0.2, -0.15) is 26.3 Å². The second kappa shape index (κ2) is 46.1. The molecule has 0 aliphatic carbocycles. The summed E-state index contributed by atoms with van der Waals surface area (Å²) in [6, 6.07) is 118. The van der Waals surface area contributed by atoms with Crippen LogP contribution < -0.4 is 4.74 Å². The average Bonchev–Trinajstić information content (AvgIpc) is 0.716. The summed E-state index contributed by atoms with van der Waals surface area (Å²) in [5, 5.41) is 0. The summed E-state index contributed by atoms with van der Waals surface area (Å²) in [5.74, 6) is 1.84. The molecule has 0 aromatic heterocycles. The molecular formula is C114H116F6O2S. The minimum absolute atomic E-state index is 0.0708. The Morgan fingerprint density at radius 3 is 0.642 bits per heavy atom. The topological polar surface area (TPSA) is 26.3 Å². The van der Waals surface area contributed by atoms with Crippen molar-refractivity contribution in [3.63, 3.8) is 0 Å². The monoisotopic (exact) mass is 1660 g/mol. The standard InChI is InChI=1S/C17H14F6.C17H20.C15H14O.C15H16.C14H14O.C14H14S.C14H14.C8H10/c1-11-3-7-13(8-4-11)15(16(18,19)20,17(21,22)23)14-9-5-12(2)6-10-14;1-13-5-9-15(10-6-13)17(3,4)16-11-7-14(2)8-12-16;1-11-3-7-13(8-4-11)15(16)14-9-5-12(2)6-10-14;1-12-3-7-14(8-4-12)11-15-9-5-13(2)6-10-15;2*1-11-3-7-13(8-4-11)15-14-9-5-12(2)6-10-14;1-11-3-7-13(8-4-11)14-9-5-12(2)6-10-14;1-7-3-5-8(2)6-4-7/h3-10H,1-2H3;5-12H,1-4H3;3-10H,1-2H3;3-10H,11H2,1-2H3;2*3-10H,1-2H3;3-10H,1-2H3;3-6H,1-2H3. The Kier molecular flexibility index (Phi) is 36.0. The van der Waals surface area contributed by atoms with Gasteiger partial charge in [-0.15, -0.1) is 0 Å². The Bertz CT molecular complexity index is 5060. The van der Waals surface area contributed by atoms with Crippen LogP contribution in [0.1, 0.15) is 152 Å². The van der Waals surface area contributed by atoms with Crippen molar-refractivity contribution < 1.29 is 35.9 Å². The van der Waals surface area contributed by atoms with E-state index in [4.69, 9.17) is 4.74 Å². The van der Waals surface area contributed by atoms with Crippen LogP contribution >= 0.6 is 11.8 Å². The number of hydrogen-bond donors (Lipinski definition) is 0. The molecule has 0 N–H and O–H groups in total. The predicted molar refractivity (Wildman–Crippen MR) is 507 cm³/mol. The van der Waals surface area contributed by atoms with Crippen LogP contribution in [0, 0.1) is 111 Å². The van der Waals surface area contributed by atoms with E-state index >= 15 is 0 Å². The van der Waals surface area contributed by atoms with Gasteiger partial charge in [-0.1, -0.05) is 430 Å². The average molecular weight is 1660 g/mol. The molecule has 0 fully saturated rings. The minimum Gasteiger partial charge on any atom is -0.457 e. The lowest BCUT2D eigenvalue weighted by Crippen LogP contribution is -2.54. The van der Waals surface area contributed by atoms with Crippen LogP contribution in [0.4, 0.5) is 26.3 Å². The summed E-state index contributed by atoms with van der Waals surface area (Å²) in [4.78, 5) is 14.7. The molecule has 0 radical (unpaired) electrons. The summed E-state index contributed by atoms with van der Waals surface area (Å²) < 4.78 is 88.0. The maximum Gasteiger partial charge on any atom is 0.411 e. The number of ether oxygens (including phenoxy) is 1. The number of alkyl halides is 6. The predicted octanol–water partition coefficient (Wildman–Crippen LogP) is 32.6. The van der Waals surface area contributed by atoms with Crippen LogP contribution in [-0.4, -0.2) is 18.1 Å². The van der Waals surface area contributed by atoms with Crippen LogP contribution in [0.2, 0.25) is 0 Å². The Labute approximate surface area is 732 Å². The van der Waals surface area contributed by atoms with Gasteiger partial charge in [0, 0.05) is 26.3 Å². The Balaban J connectivity index is 0.000000176. The molecule has 632 valence electrons. The number of ketones is 1. The number of carbonyl (C=O) groups is 1. The molecule has 0 saturated heterocycles. The number of aryl methyl sites for hydroxylation is 16. The molecule has 0 bridgehead atoms. The highest BCUT2D eigenvalue weighted by Gasteiger charge is 2.72. The van der Waals surface area contributed by atoms with Crippen molar-refractivity contribution in [2.24, 2.45) is 0 Å². The molecule has 0 atom stereocenters. The molecule has 0 amide bonds. The summed E-state index contributed by atoms with van der Waals surface area (Å²) >= 11 is 1.80. The van der Waals surface area contributed by atoms with E-state index in [0.29, 0.717) is 11.1 Å². The van der Waals surface area contributed by atoms with E-state index in [9.17, 15) is 31.1 Å². The van der Waals surface area contributed by atoms with E-state index in [2.05, 4.69) is 315 Å². The summed E-state index contributed by atoms with van der Waals surface area (Å²) in [7, 11) is 0. The number of hydrogen-bond acceptors (Lipinski definition) is 3. The van der Waals surface area contributed by atoms with Gasteiger partial charge in [-0.05, 0) is 210 Å². The van der Waals surface area contributed by atoms with Crippen molar-refractivity contribution in [1.29, 1.82) is 0 Å². The molecule has 123 heavy (non-hydrogen) atoms. The Morgan fingerprint density at radius 2 is 0.415 bits per heavy atom. The largest absolute Gasteiger partial charge is 0.457 e. The number of benzene rings is 15. The molecule has 0 aliphatic rings. The van der Waals surface area contributed by atoms with Gasteiger partial charge in [0.25, 0.3) is 0 Å². The lowest BCUT2D eigenvalue weighted by molar-refractivity contribution is -0.288. The van der Waals surface area contributed by atoms with Crippen molar-refractivity contribution in [2.75, 3.05) is 0 Å². The molecule has 0 saturated carbocycles. The minimum atomic E-state index is -5.53. The number of rotatable bonds is 13. The van der Waals surface area contributed by atoms with E-state index in [1.54, 1.807) is 25.6 Å². The molecular weight excluding hydrogens is 1550 g/mol. The first kappa shape index (κ1) is 96.2. The zero-order valence-corrected chi connectivity index (χ0v) is 75.2. The highest BCUT2D eigenvalue weighted by atomic mass is 32.2. The van der Waals surface area contributed by atoms with Crippen LogP contribution in [0.25, 0.3) is 11.1 Å². The summed E-state index contributed by atoms with van der Waals surface area (Å²) in [5.41, 5.74) is 23.0. The fraction of sp³-hybridized carbons (Fsp3) is 0.202. The van der Waals surface area contributed by atoms with Crippen molar-refractivity contribution >= 4 is 17.5 Å². The maximum absolute atomic E-state index is 13.7. The van der Waals surface area contributed by atoms with E-state index in [-0.39, 0.29) is 11.2 Å². The molecule has 9 heteroatoms. The van der Waals surface area contributed by atoms with Crippen LogP contribution in [0.15, 0.2) is 374 Å². The molecule has 0 unspecified atom stereocenters. The van der Waals surface area contributed by atoms with Gasteiger partial charge in [0.15, 0.2) is 5.78 Å². The fourth-order valence-corrected chi connectivity index (χ4v) is 13.6. The molecule has 15 aromatic rings. The molecule has 15 aromatic carbocycles. The number of carbonyl (C=O) groups excluding carboxylic acids is 1. The highest BCUT2D eigenvalue weighted by molar-refractivity contribution is 7.99. The molecule has 15 rings (SSSR count). The van der Waals surface area contributed by atoms with Crippen LogP contribution in [0.3, 0.4) is 0 Å².